The second-order valence-electron chi connectivity index (χ2n) is 3.63. The third-order valence-corrected chi connectivity index (χ3v) is 2.54. The molecule has 0 aliphatic heterocycles. The number of carbonyl (C=O) groups is 2. The molecule has 0 aliphatic carbocycles. The molecule has 17 heavy (non-hydrogen) atoms. The van der Waals surface area contributed by atoms with Crippen LogP contribution in [0.2, 0.25) is 0 Å². The summed E-state index contributed by atoms with van der Waals surface area (Å²) in [6, 6.07) is 7.57. The third-order valence-electron chi connectivity index (χ3n) is 2.54. The predicted molar refractivity (Wildman–Crippen MR) is 67.2 cm³/mol. The van der Waals surface area contributed by atoms with E-state index in [4.69, 9.17) is 0 Å². The van der Waals surface area contributed by atoms with Crippen LogP contribution in [0.3, 0.4) is 0 Å². The Bertz CT molecular complexity index is 412. The van der Waals surface area contributed by atoms with Gasteiger partial charge in [0.15, 0.2) is 5.78 Å². The van der Waals surface area contributed by atoms with Crippen LogP contribution >= 0.6 is 0 Å². The summed E-state index contributed by atoms with van der Waals surface area (Å²) in [5.74, 6) is -0.0864. The fourth-order valence-corrected chi connectivity index (χ4v) is 1.54. The van der Waals surface area contributed by atoms with Gasteiger partial charge in [0, 0.05) is 18.7 Å². The smallest absolute Gasteiger partial charge is 0.321 e. The number of hydrogen-bond acceptors (Lipinski definition) is 2. The Morgan fingerprint density at radius 3 is 2.53 bits per heavy atom. The molecule has 0 fully saturated rings. The van der Waals surface area contributed by atoms with Crippen molar-refractivity contribution in [1.29, 1.82) is 0 Å². The third kappa shape index (κ3) is 3.31. The number of rotatable bonds is 4. The molecule has 0 spiro atoms. The van der Waals surface area contributed by atoms with Gasteiger partial charge in [0.05, 0.1) is 5.69 Å². The Balaban J connectivity index is 2.88. The van der Waals surface area contributed by atoms with Crippen molar-refractivity contribution >= 4 is 17.5 Å². The average molecular weight is 233 g/mol. The number of carbonyl (C=O) groups excluding carboxylic acids is 2. The normalized spacial score (nSPS) is 9.82. The van der Waals surface area contributed by atoms with E-state index in [-0.39, 0.29) is 11.8 Å². The molecule has 0 saturated heterocycles. The van der Waals surface area contributed by atoms with E-state index in [1.165, 1.54) is 6.92 Å². The predicted octanol–water partition coefficient (Wildman–Crippen LogP) is 2.56. The summed E-state index contributed by atoms with van der Waals surface area (Å²) < 4.78 is 0. The number of anilines is 1. The molecule has 1 rings (SSSR count). The number of nitrogens with one attached hydrogen (secondary N) is 1. The van der Waals surface area contributed by atoms with E-state index in [0.717, 1.165) is 0 Å². The van der Waals surface area contributed by atoms with E-state index in [1.807, 2.05) is 13.8 Å². The highest BCUT2D eigenvalue weighted by Gasteiger charge is 2.13. The molecule has 1 aromatic rings. The van der Waals surface area contributed by atoms with Crippen LogP contribution in [-0.4, -0.2) is 29.8 Å². The maximum Gasteiger partial charge on any atom is 0.321 e. The second kappa shape index (κ2) is 6.03. The molecule has 0 heterocycles. The first kappa shape index (κ1) is 13.2. The quantitative estimate of drug-likeness (QED) is 0.812. The number of benzene rings is 1. The molecular weight excluding hydrogens is 216 g/mol. The van der Waals surface area contributed by atoms with Gasteiger partial charge in [0.1, 0.15) is 0 Å². The molecule has 4 heteroatoms. The summed E-state index contributed by atoms with van der Waals surface area (Å²) >= 11 is 0. The molecule has 0 unspecified atom stereocenters. The van der Waals surface area contributed by atoms with Gasteiger partial charge in [0.25, 0.3) is 0 Å². The maximum atomic E-state index is 11.8. The number of hydrogen-bond donors (Lipinski definition) is 1. The van der Waals surface area contributed by atoms with Crippen LogP contribution in [0.5, 0.6) is 0 Å². The van der Waals surface area contributed by atoms with Gasteiger partial charge in [-0.2, -0.15) is 0 Å². The molecule has 0 aliphatic rings. The molecule has 1 radical (unpaired) electrons. The number of nitrogens with zero attached hydrogens (tertiary/aromatic N) is 1. The molecule has 1 N–H and O–H groups in total. The highest BCUT2D eigenvalue weighted by molar-refractivity contribution is 6.03. The van der Waals surface area contributed by atoms with Crippen LogP contribution in [0, 0.1) is 6.07 Å². The van der Waals surface area contributed by atoms with Gasteiger partial charge in [-0.15, -0.1) is 0 Å². The van der Waals surface area contributed by atoms with Crippen molar-refractivity contribution in [1.82, 2.24) is 4.90 Å². The standard InChI is InChI=1S/C13H17N2O2/c1-4-15(5-2)13(17)14-12-9-7-6-8-11(12)10(3)16/h7-9H,4-5H2,1-3H3,(H,14,17). The van der Waals surface area contributed by atoms with Crippen LogP contribution < -0.4 is 5.32 Å². The summed E-state index contributed by atoms with van der Waals surface area (Å²) in [7, 11) is 0. The van der Waals surface area contributed by atoms with E-state index in [2.05, 4.69) is 11.4 Å². The first-order valence-electron chi connectivity index (χ1n) is 5.67. The lowest BCUT2D eigenvalue weighted by molar-refractivity contribution is 0.101. The lowest BCUT2D eigenvalue weighted by Gasteiger charge is -2.20. The Morgan fingerprint density at radius 2 is 2.00 bits per heavy atom. The highest BCUT2D eigenvalue weighted by atomic mass is 16.2. The minimum Gasteiger partial charge on any atom is -0.325 e. The van der Waals surface area contributed by atoms with E-state index >= 15 is 0 Å². The topological polar surface area (TPSA) is 49.4 Å². The van der Waals surface area contributed by atoms with Gasteiger partial charge >= 0.3 is 6.03 Å². The molecule has 91 valence electrons. The average Bonchev–Trinajstić information content (AvgIpc) is 2.31. The van der Waals surface area contributed by atoms with E-state index in [9.17, 15) is 9.59 Å². The molecule has 4 nitrogen and oxygen atoms in total. The zero-order chi connectivity index (χ0) is 12.8. The SMILES string of the molecule is CCN(CC)C(=O)Nc1cc[c]cc1C(C)=O. The lowest BCUT2D eigenvalue weighted by Crippen LogP contribution is -2.34. The highest BCUT2D eigenvalue weighted by Crippen LogP contribution is 2.15. The van der Waals surface area contributed by atoms with Crippen LogP contribution in [0.15, 0.2) is 18.2 Å². The van der Waals surface area contributed by atoms with Gasteiger partial charge in [-0.3, -0.25) is 4.79 Å². The van der Waals surface area contributed by atoms with E-state index in [0.29, 0.717) is 24.3 Å². The van der Waals surface area contributed by atoms with Crippen molar-refractivity contribution in [2.75, 3.05) is 18.4 Å². The summed E-state index contributed by atoms with van der Waals surface area (Å²) in [6.07, 6.45) is 0. The zero-order valence-corrected chi connectivity index (χ0v) is 10.4. The molecule has 2 amide bonds. The number of urea groups is 1. The van der Waals surface area contributed by atoms with Crippen molar-refractivity contribution in [3.8, 4) is 0 Å². The Kier molecular flexibility index (Phi) is 4.69. The molecular formula is C13H17N2O2. The van der Waals surface area contributed by atoms with Crippen molar-refractivity contribution in [2.45, 2.75) is 20.8 Å². The van der Waals surface area contributed by atoms with Gasteiger partial charge in [-0.1, -0.05) is 6.07 Å². The number of ketones is 1. The van der Waals surface area contributed by atoms with Crippen molar-refractivity contribution in [2.24, 2.45) is 0 Å². The zero-order valence-electron chi connectivity index (χ0n) is 10.4. The Hall–Kier alpha value is -1.84. The van der Waals surface area contributed by atoms with E-state index < -0.39 is 0 Å². The van der Waals surface area contributed by atoms with Crippen molar-refractivity contribution < 1.29 is 9.59 Å². The molecule has 1 aromatic carbocycles. The summed E-state index contributed by atoms with van der Waals surface area (Å²) in [5, 5.41) is 2.74. The Morgan fingerprint density at radius 1 is 1.35 bits per heavy atom. The molecule has 0 aromatic heterocycles. The first-order valence-corrected chi connectivity index (χ1v) is 5.67. The molecule has 0 saturated carbocycles. The number of Topliss-reactive ketones (excluding diaryl/α,β-unsaturated/α-hetero) is 1. The first-order chi connectivity index (χ1) is 8.10. The summed E-state index contributed by atoms with van der Waals surface area (Å²) in [4.78, 5) is 24.9. The summed E-state index contributed by atoms with van der Waals surface area (Å²) in [5.41, 5.74) is 1.01. The van der Waals surface area contributed by atoms with Crippen LogP contribution in [0.25, 0.3) is 0 Å². The van der Waals surface area contributed by atoms with Gasteiger partial charge < -0.3 is 10.2 Å². The minimum atomic E-state index is -0.191. The molecule has 0 bridgehead atoms. The van der Waals surface area contributed by atoms with Gasteiger partial charge in [-0.05, 0) is 39.0 Å². The summed E-state index contributed by atoms with van der Waals surface area (Å²) in [6.45, 7) is 6.56. The fourth-order valence-electron chi connectivity index (χ4n) is 1.54. The molecule has 0 atom stereocenters. The van der Waals surface area contributed by atoms with Crippen molar-refractivity contribution in [3.63, 3.8) is 0 Å². The van der Waals surface area contributed by atoms with Gasteiger partial charge in [-0.25, -0.2) is 4.79 Å². The van der Waals surface area contributed by atoms with Crippen LogP contribution in [0.1, 0.15) is 31.1 Å². The maximum absolute atomic E-state index is 11.8. The lowest BCUT2D eigenvalue weighted by atomic mass is 10.1. The Labute approximate surface area is 102 Å². The van der Waals surface area contributed by atoms with Crippen LogP contribution in [0.4, 0.5) is 10.5 Å². The van der Waals surface area contributed by atoms with E-state index in [1.54, 1.807) is 23.1 Å². The fraction of sp³-hybridized carbons (Fsp3) is 0.385. The second-order valence-corrected chi connectivity index (χ2v) is 3.63. The van der Waals surface area contributed by atoms with Crippen molar-refractivity contribution in [3.05, 3.63) is 29.8 Å². The van der Waals surface area contributed by atoms with Gasteiger partial charge in [0.2, 0.25) is 0 Å². The van der Waals surface area contributed by atoms with Crippen LogP contribution in [-0.2, 0) is 0 Å². The monoisotopic (exact) mass is 233 g/mol. The number of amides is 2. The minimum absolute atomic E-state index is 0.0864. The largest absolute Gasteiger partial charge is 0.325 e.